The van der Waals surface area contributed by atoms with Gasteiger partial charge in [0.2, 0.25) is 0 Å². The van der Waals surface area contributed by atoms with Gasteiger partial charge in [-0.25, -0.2) is 0 Å². The zero-order chi connectivity index (χ0) is 12.3. The summed E-state index contributed by atoms with van der Waals surface area (Å²) in [5, 5.41) is 7.37. The van der Waals surface area contributed by atoms with Crippen LogP contribution in [-0.2, 0) is 6.54 Å². The summed E-state index contributed by atoms with van der Waals surface area (Å²) in [7, 11) is 1.59. The number of nitrogens with one attached hydrogen (secondary N) is 1. The van der Waals surface area contributed by atoms with Gasteiger partial charge in [0.1, 0.15) is 0 Å². The molecular weight excluding hydrogens is 238 g/mol. The molecule has 0 aliphatic rings. The molecule has 1 N–H and O–H groups in total. The lowest BCUT2D eigenvalue weighted by Gasteiger charge is -2.03. The van der Waals surface area contributed by atoms with Crippen molar-refractivity contribution < 1.29 is 4.79 Å². The third-order valence-corrected chi connectivity index (χ3v) is 2.78. The van der Waals surface area contributed by atoms with E-state index in [1.165, 1.54) is 6.20 Å². The van der Waals surface area contributed by atoms with Gasteiger partial charge in [-0.05, 0) is 11.6 Å². The van der Waals surface area contributed by atoms with Crippen molar-refractivity contribution in [3.05, 3.63) is 52.8 Å². The second kappa shape index (κ2) is 5.01. The van der Waals surface area contributed by atoms with Crippen molar-refractivity contribution in [2.45, 2.75) is 6.54 Å². The van der Waals surface area contributed by atoms with E-state index < -0.39 is 0 Å². The Labute approximate surface area is 104 Å². The molecule has 1 aromatic heterocycles. The summed E-state index contributed by atoms with van der Waals surface area (Å²) in [5.74, 6) is -0.143. The molecule has 1 heterocycles. The van der Waals surface area contributed by atoms with Gasteiger partial charge in [-0.3, -0.25) is 9.48 Å². The Bertz CT molecular complexity index is 536. The maximum Gasteiger partial charge on any atom is 0.254 e. The van der Waals surface area contributed by atoms with Gasteiger partial charge >= 0.3 is 0 Å². The first-order valence-electron chi connectivity index (χ1n) is 5.18. The van der Waals surface area contributed by atoms with Crippen LogP contribution in [0.4, 0.5) is 0 Å². The van der Waals surface area contributed by atoms with E-state index in [2.05, 4.69) is 10.4 Å². The average Bonchev–Trinajstić information content (AvgIpc) is 2.80. The van der Waals surface area contributed by atoms with Gasteiger partial charge in [0.15, 0.2) is 0 Å². The Kier molecular flexibility index (Phi) is 3.44. The fourth-order valence-electron chi connectivity index (χ4n) is 1.51. The first kappa shape index (κ1) is 11.7. The molecule has 0 unspecified atom stereocenters. The molecule has 0 saturated heterocycles. The molecule has 0 saturated carbocycles. The molecule has 0 spiro atoms. The van der Waals surface area contributed by atoms with Gasteiger partial charge in [-0.2, -0.15) is 5.10 Å². The standard InChI is InChI=1S/C12H12ClN3O/c1-14-12(17)10-6-15-16(8-10)7-9-4-2-3-5-11(9)13/h2-6,8H,7H2,1H3,(H,14,17). The highest BCUT2D eigenvalue weighted by atomic mass is 35.5. The van der Waals surface area contributed by atoms with Crippen LogP contribution >= 0.6 is 11.6 Å². The Morgan fingerprint density at radius 1 is 1.47 bits per heavy atom. The van der Waals surface area contributed by atoms with Crippen molar-refractivity contribution >= 4 is 17.5 Å². The van der Waals surface area contributed by atoms with E-state index in [1.54, 1.807) is 17.9 Å². The molecule has 1 aromatic carbocycles. The molecule has 17 heavy (non-hydrogen) atoms. The summed E-state index contributed by atoms with van der Waals surface area (Å²) in [4.78, 5) is 11.4. The normalized spacial score (nSPS) is 10.2. The van der Waals surface area contributed by atoms with Crippen LogP contribution in [0, 0.1) is 0 Å². The smallest absolute Gasteiger partial charge is 0.254 e. The number of carbonyl (C=O) groups excluding carboxylic acids is 1. The van der Waals surface area contributed by atoms with Crippen molar-refractivity contribution in [2.24, 2.45) is 0 Å². The summed E-state index contributed by atoms with van der Waals surface area (Å²) >= 11 is 6.05. The minimum atomic E-state index is -0.143. The molecule has 5 heteroatoms. The summed E-state index contributed by atoms with van der Waals surface area (Å²) in [5.41, 5.74) is 1.51. The number of hydrogen-bond donors (Lipinski definition) is 1. The van der Waals surface area contributed by atoms with Crippen LogP contribution in [0.5, 0.6) is 0 Å². The Morgan fingerprint density at radius 2 is 2.24 bits per heavy atom. The molecule has 0 atom stereocenters. The lowest BCUT2D eigenvalue weighted by Crippen LogP contribution is -2.17. The largest absolute Gasteiger partial charge is 0.355 e. The third-order valence-electron chi connectivity index (χ3n) is 2.41. The van der Waals surface area contributed by atoms with E-state index in [0.29, 0.717) is 17.1 Å². The molecule has 0 aliphatic carbocycles. The van der Waals surface area contributed by atoms with Gasteiger partial charge in [0.05, 0.1) is 18.3 Å². The summed E-state index contributed by atoms with van der Waals surface area (Å²) in [6.45, 7) is 0.552. The van der Waals surface area contributed by atoms with Crippen molar-refractivity contribution in [3.8, 4) is 0 Å². The minimum Gasteiger partial charge on any atom is -0.355 e. The molecule has 0 fully saturated rings. The average molecular weight is 250 g/mol. The Hall–Kier alpha value is -1.81. The minimum absolute atomic E-state index is 0.143. The predicted octanol–water partition coefficient (Wildman–Crippen LogP) is 1.94. The Balaban J connectivity index is 2.17. The van der Waals surface area contributed by atoms with E-state index in [-0.39, 0.29) is 5.91 Å². The summed E-state index contributed by atoms with van der Waals surface area (Å²) < 4.78 is 1.69. The second-order valence-corrected chi connectivity index (χ2v) is 4.00. The maximum absolute atomic E-state index is 11.4. The van der Waals surface area contributed by atoms with Gasteiger partial charge in [-0.1, -0.05) is 29.8 Å². The molecule has 1 amide bonds. The maximum atomic E-state index is 11.4. The van der Waals surface area contributed by atoms with Gasteiger partial charge < -0.3 is 5.32 Å². The monoisotopic (exact) mass is 249 g/mol. The number of carbonyl (C=O) groups is 1. The number of benzene rings is 1. The van der Waals surface area contributed by atoms with Crippen LogP contribution < -0.4 is 5.32 Å². The van der Waals surface area contributed by atoms with E-state index in [1.807, 2.05) is 24.3 Å². The van der Waals surface area contributed by atoms with E-state index in [9.17, 15) is 4.79 Å². The fraction of sp³-hybridized carbons (Fsp3) is 0.167. The summed E-state index contributed by atoms with van der Waals surface area (Å²) in [6.07, 6.45) is 3.23. The zero-order valence-electron chi connectivity index (χ0n) is 9.35. The molecule has 2 rings (SSSR count). The predicted molar refractivity (Wildman–Crippen MR) is 66.2 cm³/mol. The zero-order valence-corrected chi connectivity index (χ0v) is 10.1. The first-order valence-corrected chi connectivity index (χ1v) is 5.56. The van der Waals surface area contributed by atoms with Crippen LogP contribution in [0.3, 0.4) is 0 Å². The highest BCUT2D eigenvalue weighted by molar-refractivity contribution is 6.31. The number of hydrogen-bond acceptors (Lipinski definition) is 2. The quantitative estimate of drug-likeness (QED) is 0.904. The SMILES string of the molecule is CNC(=O)c1cnn(Cc2ccccc2Cl)c1. The molecule has 0 aliphatic heterocycles. The molecular formula is C12H12ClN3O. The first-order chi connectivity index (χ1) is 8.20. The van der Waals surface area contributed by atoms with Crippen LogP contribution in [0.1, 0.15) is 15.9 Å². The highest BCUT2D eigenvalue weighted by Crippen LogP contribution is 2.15. The lowest BCUT2D eigenvalue weighted by atomic mass is 10.2. The fourth-order valence-corrected chi connectivity index (χ4v) is 1.71. The highest BCUT2D eigenvalue weighted by Gasteiger charge is 2.07. The van der Waals surface area contributed by atoms with Crippen LogP contribution in [0.25, 0.3) is 0 Å². The van der Waals surface area contributed by atoms with Crippen LogP contribution in [0.15, 0.2) is 36.7 Å². The second-order valence-electron chi connectivity index (χ2n) is 3.60. The Morgan fingerprint density at radius 3 is 2.94 bits per heavy atom. The van der Waals surface area contributed by atoms with Gasteiger partial charge in [-0.15, -0.1) is 0 Å². The third kappa shape index (κ3) is 2.65. The van der Waals surface area contributed by atoms with Crippen molar-refractivity contribution in [2.75, 3.05) is 7.05 Å². The molecule has 0 bridgehead atoms. The number of aromatic nitrogens is 2. The number of halogens is 1. The lowest BCUT2D eigenvalue weighted by molar-refractivity contribution is 0.0963. The molecule has 2 aromatic rings. The molecule has 0 radical (unpaired) electrons. The van der Waals surface area contributed by atoms with Gasteiger partial charge in [0.25, 0.3) is 5.91 Å². The van der Waals surface area contributed by atoms with Crippen LogP contribution in [-0.4, -0.2) is 22.7 Å². The number of amides is 1. The topological polar surface area (TPSA) is 46.9 Å². The van der Waals surface area contributed by atoms with E-state index in [4.69, 9.17) is 11.6 Å². The number of rotatable bonds is 3. The van der Waals surface area contributed by atoms with Gasteiger partial charge in [0, 0.05) is 18.3 Å². The van der Waals surface area contributed by atoms with Crippen molar-refractivity contribution in [3.63, 3.8) is 0 Å². The molecule has 88 valence electrons. The van der Waals surface area contributed by atoms with E-state index >= 15 is 0 Å². The molecule has 4 nitrogen and oxygen atoms in total. The van der Waals surface area contributed by atoms with Crippen LogP contribution in [0.2, 0.25) is 5.02 Å². The summed E-state index contributed by atoms with van der Waals surface area (Å²) in [6, 6.07) is 7.57. The van der Waals surface area contributed by atoms with E-state index in [0.717, 1.165) is 5.56 Å². The van der Waals surface area contributed by atoms with Crippen molar-refractivity contribution in [1.82, 2.24) is 15.1 Å². The van der Waals surface area contributed by atoms with Crippen molar-refractivity contribution in [1.29, 1.82) is 0 Å². The number of nitrogens with zero attached hydrogens (tertiary/aromatic N) is 2.